The van der Waals surface area contributed by atoms with Crippen molar-refractivity contribution in [1.82, 2.24) is 19.4 Å². The average Bonchev–Trinajstić information content (AvgIpc) is 3.07. The minimum Gasteiger partial charge on any atom is -0.336 e. The molecule has 0 radical (unpaired) electrons. The Bertz CT molecular complexity index is 919. The molecule has 1 saturated heterocycles. The van der Waals surface area contributed by atoms with E-state index < -0.39 is 0 Å². The van der Waals surface area contributed by atoms with Gasteiger partial charge >= 0.3 is 0 Å². The van der Waals surface area contributed by atoms with Gasteiger partial charge in [-0.15, -0.1) is 0 Å². The van der Waals surface area contributed by atoms with Crippen molar-refractivity contribution in [1.29, 1.82) is 0 Å². The van der Waals surface area contributed by atoms with Crippen LogP contribution in [0.2, 0.25) is 0 Å². The zero-order valence-corrected chi connectivity index (χ0v) is 16.5. The largest absolute Gasteiger partial charge is 0.336 e. The van der Waals surface area contributed by atoms with Crippen LogP contribution in [0.1, 0.15) is 27.3 Å². The summed E-state index contributed by atoms with van der Waals surface area (Å²) in [4.78, 5) is 21.4. The summed E-state index contributed by atoms with van der Waals surface area (Å²) >= 11 is 0. The molecule has 3 heterocycles. The highest BCUT2D eigenvalue weighted by atomic mass is 16.2. The lowest BCUT2D eigenvalue weighted by molar-refractivity contribution is 0.0628. The molecular weight excluding hydrogens is 348 g/mol. The number of hydrogen-bond donors (Lipinski definition) is 0. The lowest BCUT2D eigenvalue weighted by Crippen LogP contribution is -2.48. The molecule has 28 heavy (non-hydrogen) atoms. The highest BCUT2D eigenvalue weighted by Crippen LogP contribution is 2.18. The number of hydrogen-bond acceptors (Lipinski definition) is 3. The van der Waals surface area contributed by atoms with Crippen molar-refractivity contribution in [2.75, 3.05) is 26.2 Å². The molecule has 0 unspecified atom stereocenters. The highest BCUT2D eigenvalue weighted by Gasteiger charge is 2.22. The van der Waals surface area contributed by atoms with Crippen LogP contribution in [0.3, 0.4) is 0 Å². The van der Waals surface area contributed by atoms with Gasteiger partial charge in [0, 0.05) is 67.8 Å². The van der Waals surface area contributed by atoms with Crippen molar-refractivity contribution < 1.29 is 4.79 Å². The topological polar surface area (TPSA) is 41.4 Å². The third-order valence-corrected chi connectivity index (χ3v) is 5.43. The summed E-state index contributed by atoms with van der Waals surface area (Å²) in [6.45, 7) is 8.38. The zero-order valence-electron chi connectivity index (χ0n) is 16.5. The zero-order chi connectivity index (χ0) is 19.5. The summed E-state index contributed by atoms with van der Waals surface area (Å²) in [5, 5.41) is 0. The van der Waals surface area contributed by atoms with E-state index in [-0.39, 0.29) is 5.91 Å². The van der Waals surface area contributed by atoms with Gasteiger partial charge in [-0.25, -0.2) is 0 Å². The fraction of sp³-hybridized carbons (Fsp3) is 0.304. The molecule has 1 aromatic carbocycles. The summed E-state index contributed by atoms with van der Waals surface area (Å²) in [5.74, 6) is 0.119. The molecule has 0 N–H and O–H groups in total. The first-order valence-corrected chi connectivity index (χ1v) is 9.78. The number of rotatable bonds is 4. The van der Waals surface area contributed by atoms with E-state index in [0.29, 0.717) is 0 Å². The minimum absolute atomic E-state index is 0.119. The highest BCUT2D eigenvalue weighted by molar-refractivity contribution is 5.94. The molecule has 5 heteroatoms. The van der Waals surface area contributed by atoms with Gasteiger partial charge in [0.05, 0.1) is 0 Å². The molecule has 0 bridgehead atoms. The number of amides is 1. The van der Waals surface area contributed by atoms with E-state index in [2.05, 4.69) is 46.5 Å². The molecule has 1 aliphatic heterocycles. The first-order valence-electron chi connectivity index (χ1n) is 9.78. The molecule has 2 aromatic heterocycles. The second kappa shape index (κ2) is 7.98. The summed E-state index contributed by atoms with van der Waals surface area (Å²) < 4.78 is 2.20. The van der Waals surface area contributed by atoms with Gasteiger partial charge in [0.1, 0.15) is 0 Å². The van der Waals surface area contributed by atoms with Crippen LogP contribution in [0, 0.1) is 13.8 Å². The first kappa shape index (κ1) is 18.4. The fourth-order valence-electron chi connectivity index (χ4n) is 3.87. The summed E-state index contributed by atoms with van der Waals surface area (Å²) in [5.41, 5.74) is 5.46. The van der Waals surface area contributed by atoms with Crippen LogP contribution in [0.5, 0.6) is 0 Å². The van der Waals surface area contributed by atoms with Gasteiger partial charge in [-0.05, 0) is 61.9 Å². The molecule has 0 spiro atoms. The van der Waals surface area contributed by atoms with E-state index in [1.54, 1.807) is 6.20 Å². The van der Waals surface area contributed by atoms with Crippen LogP contribution < -0.4 is 0 Å². The van der Waals surface area contributed by atoms with E-state index in [4.69, 9.17) is 0 Å². The Morgan fingerprint density at radius 1 is 0.929 bits per heavy atom. The number of benzene rings is 1. The van der Waals surface area contributed by atoms with E-state index in [9.17, 15) is 4.79 Å². The SMILES string of the molecule is Cc1ccc(C)n1-c1ccc(C(=O)N2CCN(Cc3cccnc3)CC2)cc1. The maximum absolute atomic E-state index is 12.9. The van der Waals surface area contributed by atoms with Gasteiger partial charge in [-0.1, -0.05) is 6.07 Å². The monoisotopic (exact) mass is 374 g/mol. The van der Waals surface area contributed by atoms with Crippen molar-refractivity contribution in [3.8, 4) is 5.69 Å². The second-order valence-electron chi connectivity index (χ2n) is 7.43. The van der Waals surface area contributed by atoms with Gasteiger partial charge in [0.15, 0.2) is 0 Å². The molecule has 5 nitrogen and oxygen atoms in total. The Kier molecular flexibility index (Phi) is 5.26. The van der Waals surface area contributed by atoms with Crippen LogP contribution in [-0.2, 0) is 6.54 Å². The van der Waals surface area contributed by atoms with Crippen LogP contribution in [0.25, 0.3) is 5.69 Å². The molecule has 4 rings (SSSR count). The standard InChI is InChI=1S/C23H26N4O/c1-18-5-6-19(2)27(18)22-9-7-21(8-10-22)23(28)26-14-12-25(13-15-26)17-20-4-3-11-24-16-20/h3-11,16H,12-15,17H2,1-2H3. The molecule has 0 saturated carbocycles. The molecule has 144 valence electrons. The third-order valence-electron chi connectivity index (χ3n) is 5.43. The molecular formula is C23H26N4O. The van der Waals surface area contributed by atoms with Crippen LogP contribution >= 0.6 is 0 Å². The van der Waals surface area contributed by atoms with Gasteiger partial charge in [0.2, 0.25) is 0 Å². The Hall–Kier alpha value is -2.92. The maximum Gasteiger partial charge on any atom is 0.253 e. The van der Waals surface area contributed by atoms with Gasteiger partial charge in [-0.3, -0.25) is 14.7 Å². The number of nitrogens with zero attached hydrogens (tertiary/aromatic N) is 4. The van der Waals surface area contributed by atoms with Crippen molar-refractivity contribution >= 4 is 5.91 Å². The van der Waals surface area contributed by atoms with Gasteiger partial charge < -0.3 is 9.47 Å². The normalized spacial score (nSPS) is 15.0. The van der Waals surface area contributed by atoms with Crippen molar-refractivity contribution in [2.24, 2.45) is 0 Å². The number of carbonyl (C=O) groups excluding carboxylic acids is 1. The lowest BCUT2D eigenvalue weighted by Gasteiger charge is -2.34. The number of piperazine rings is 1. The molecule has 0 aliphatic carbocycles. The Morgan fingerprint density at radius 3 is 2.21 bits per heavy atom. The number of pyridine rings is 1. The smallest absolute Gasteiger partial charge is 0.253 e. The summed E-state index contributed by atoms with van der Waals surface area (Å²) in [6, 6.07) is 16.2. The molecule has 0 atom stereocenters. The maximum atomic E-state index is 12.9. The van der Waals surface area contributed by atoms with E-state index in [1.807, 2.05) is 41.4 Å². The second-order valence-corrected chi connectivity index (χ2v) is 7.43. The number of aryl methyl sites for hydroxylation is 2. The number of carbonyl (C=O) groups is 1. The lowest BCUT2D eigenvalue weighted by atomic mass is 10.1. The first-order chi connectivity index (χ1) is 13.6. The third kappa shape index (κ3) is 3.85. The molecule has 1 amide bonds. The predicted molar refractivity (Wildman–Crippen MR) is 111 cm³/mol. The van der Waals surface area contributed by atoms with Crippen molar-refractivity contribution in [3.05, 3.63) is 83.4 Å². The minimum atomic E-state index is 0.119. The molecule has 1 aliphatic rings. The molecule has 1 fully saturated rings. The van der Waals surface area contributed by atoms with E-state index in [0.717, 1.165) is 44.0 Å². The summed E-state index contributed by atoms with van der Waals surface area (Å²) in [7, 11) is 0. The summed E-state index contributed by atoms with van der Waals surface area (Å²) in [6.07, 6.45) is 3.71. The average molecular weight is 374 g/mol. The van der Waals surface area contributed by atoms with E-state index >= 15 is 0 Å². The van der Waals surface area contributed by atoms with Crippen molar-refractivity contribution in [2.45, 2.75) is 20.4 Å². The quantitative estimate of drug-likeness (QED) is 0.702. The molecule has 3 aromatic rings. The Morgan fingerprint density at radius 2 is 1.61 bits per heavy atom. The van der Waals surface area contributed by atoms with Gasteiger partial charge in [0.25, 0.3) is 5.91 Å². The van der Waals surface area contributed by atoms with Gasteiger partial charge in [-0.2, -0.15) is 0 Å². The Balaban J connectivity index is 1.37. The van der Waals surface area contributed by atoms with Crippen LogP contribution in [0.15, 0.2) is 60.9 Å². The Labute approximate surface area is 166 Å². The van der Waals surface area contributed by atoms with Crippen LogP contribution in [-0.4, -0.2) is 51.4 Å². The number of aromatic nitrogens is 2. The van der Waals surface area contributed by atoms with Crippen molar-refractivity contribution in [3.63, 3.8) is 0 Å². The predicted octanol–water partition coefficient (Wildman–Crippen LogP) is 3.45. The van der Waals surface area contributed by atoms with Crippen LogP contribution in [0.4, 0.5) is 0 Å². The fourth-order valence-corrected chi connectivity index (χ4v) is 3.87. The van der Waals surface area contributed by atoms with E-state index in [1.165, 1.54) is 17.0 Å².